The van der Waals surface area contributed by atoms with E-state index >= 15 is 0 Å². The third-order valence-electron chi connectivity index (χ3n) is 4.04. The number of aryl methyl sites for hydroxylation is 1. The molecule has 0 aliphatic carbocycles. The first-order chi connectivity index (χ1) is 11.7. The van der Waals surface area contributed by atoms with Crippen LogP contribution in [0.15, 0.2) is 23.2 Å². The van der Waals surface area contributed by atoms with Gasteiger partial charge in [0.2, 0.25) is 5.91 Å². The van der Waals surface area contributed by atoms with E-state index in [1.165, 1.54) is 6.33 Å². The third-order valence-corrected chi connectivity index (χ3v) is 4.04. The number of nitrogens with one attached hydrogen (secondary N) is 1. The van der Waals surface area contributed by atoms with E-state index in [9.17, 15) is 4.79 Å². The molecule has 1 aliphatic rings. The summed E-state index contributed by atoms with van der Waals surface area (Å²) in [6, 6.07) is 1.47. The van der Waals surface area contributed by atoms with Crippen LogP contribution < -0.4 is 5.32 Å². The summed E-state index contributed by atoms with van der Waals surface area (Å²) in [7, 11) is 0. The molecule has 1 saturated heterocycles. The van der Waals surface area contributed by atoms with Gasteiger partial charge in [0, 0.05) is 19.2 Å². The molecule has 0 radical (unpaired) electrons. The summed E-state index contributed by atoms with van der Waals surface area (Å²) in [6.45, 7) is 6.39. The highest BCUT2D eigenvalue weighted by atomic mass is 16.5. The molecule has 0 spiro atoms. The Hall–Kier alpha value is -2.26. The molecule has 1 aliphatic heterocycles. The molecule has 9 nitrogen and oxygen atoms in total. The minimum Gasteiger partial charge on any atom is -0.374 e. The standard InChI is InChI=1S/C15H22N6O3/c1-3-13(15(22)18-14-6-11(2)24-19-14)20-4-5-23-12(7-20)8-21-10-16-9-17-21/h6,9-10,12-13H,3-5,7-8H2,1-2H3,(H,18,19,22). The summed E-state index contributed by atoms with van der Waals surface area (Å²) in [5, 5.41) is 10.7. The Labute approximate surface area is 140 Å². The minimum absolute atomic E-state index is 0.0170. The first kappa shape index (κ1) is 16.6. The predicted octanol–water partition coefficient (Wildman–Crippen LogP) is 0.693. The van der Waals surface area contributed by atoms with Crippen molar-refractivity contribution in [1.29, 1.82) is 0 Å². The lowest BCUT2D eigenvalue weighted by Gasteiger charge is -2.37. The van der Waals surface area contributed by atoms with Crippen LogP contribution in [-0.2, 0) is 16.1 Å². The molecule has 3 heterocycles. The monoisotopic (exact) mass is 334 g/mol. The molecule has 2 unspecified atom stereocenters. The van der Waals surface area contributed by atoms with Crippen LogP contribution in [0.1, 0.15) is 19.1 Å². The summed E-state index contributed by atoms with van der Waals surface area (Å²) < 4.78 is 12.5. The third kappa shape index (κ3) is 3.98. The summed E-state index contributed by atoms with van der Waals surface area (Å²) in [5.41, 5.74) is 0. The highest BCUT2D eigenvalue weighted by molar-refractivity contribution is 5.94. The second-order valence-corrected chi connectivity index (χ2v) is 5.84. The Balaban J connectivity index is 1.60. The SMILES string of the molecule is CCC(C(=O)Nc1cc(C)on1)N1CCOC(Cn2cncn2)C1. The Morgan fingerprint density at radius 1 is 1.54 bits per heavy atom. The maximum atomic E-state index is 12.6. The van der Waals surface area contributed by atoms with Crippen LogP contribution in [0.2, 0.25) is 0 Å². The second kappa shape index (κ2) is 7.54. The van der Waals surface area contributed by atoms with E-state index in [0.717, 1.165) is 6.54 Å². The zero-order valence-electron chi connectivity index (χ0n) is 13.9. The summed E-state index contributed by atoms with van der Waals surface area (Å²) >= 11 is 0. The Morgan fingerprint density at radius 3 is 3.08 bits per heavy atom. The van der Waals surface area contributed by atoms with Gasteiger partial charge in [-0.05, 0) is 13.3 Å². The molecule has 3 rings (SSSR count). The largest absolute Gasteiger partial charge is 0.374 e. The first-order valence-electron chi connectivity index (χ1n) is 8.08. The van der Waals surface area contributed by atoms with Gasteiger partial charge in [-0.2, -0.15) is 5.10 Å². The number of anilines is 1. The van der Waals surface area contributed by atoms with Gasteiger partial charge in [0.05, 0.1) is 25.3 Å². The van der Waals surface area contributed by atoms with Crippen LogP contribution >= 0.6 is 0 Å². The van der Waals surface area contributed by atoms with E-state index in [0.29, 0.717) is 37.7 Å². The molecule has 130 valence electrons. The van der Waals surface area contributed by atoms with Crippen LogP contribution in [0.25, 0.3) is 0 Å². The number of morpholine rings is 1. The van der Waals surface area contributed by atoms with Crippen molar-refractivity contribution in [2.24, 2.45) is 0 Å². The number of rotatable bonds is 6. The lowest BCUT2D eigenvalue weighted by atomic mass is 10.1. The van der Waals surface area contributed by atoms with Crippen molar-refractivity contribution in [3.05, 3.63) is 24.5 Å². The van der Waals surface area contributed by atoms with E-state index in [4.69, 9.17) is 9.26 Å². The molecular formula is C15H22N6O3. The van der Waals surface area contributed by atoms with Crippen molar-refractivity contribution >= 4 is 11.7 Å². The van der Waals surface area contributed by atoms with Gasteiger partial charge in [0.25, 0.3) is 0 Å². The van der Waals surface area contributed by atoms with Gasteiger partial charge in [0.1, 0.15) is 18.4 Å². The van der Waals surface area contributed by atoms with Crippen LogP contribution in [0, 0.1) is 6.92 Å². The maximum Gasteiger partial charge on any atom is 0.242 e. The number of aromatic nitrogens is 4. The predicted molar refractivity (Wildman–Crippen MR) is 85.3 cm³/mol. The summed E-state index contributed by atoms with van der Waals surface area (Å²) in [4.78, 5) is 18.7. The molecular weight excluding hydrogens is 312 g/mol. The van der Waals surface area contributed by atoms with Gasteiger partial charge < -0.3 is 14.6 Å². The Kier molecular flexibility index (Phi) is 5.21. The van der Waals surface area contributed by atoms with Crippen LogP contribution in [-0.4, -0.2) is 62.6 Å². The fraction of sp³-hybridized carbons (Fsp3) is 0.600. The molecule has 0 saturated carbocycles. The topological polar surface area (TPSA) is 98.3 Å². The van der Waals surface area contributed by atoms with Gasteiger partial charge >= 0.3 is 0 Å². The van der Waals surface area contributed by atoms with Crippen LogP contribution in [0.4, 0.5) is 5.82 Å². The van der Waals surface area contributed by atoms with Crippen molar-refractivity contribution in [3.63, 3.8) is 0 Å². The smallest absolute Gasteiger partial charge is 0.242 e. The molecule has 9 heteroatoms. The second-order valence-electron chi connectivity index (χ2n) is 5.84. The fourth-order valence-corrected chi connectivity index (χ4v) is 2.92. The van der Waals surface area contributed by atoms with Crippen molar-refractivity contribution in [2.75, 3.05) is 25.0 Å². The van der Waals surface area contributed by atoms with Crippen LogP contribution in [0.5, 0.6) is 0 Å². The molecule has 1 N–H and O–H groups in total. The lowest BCUT2D eigenvalue weighted by Crippen LogP contribution is -2.52. The van der Waals surface area contributed by atoms with Crippen molar-refractivity contribution in [1.82, 2.24) is 24.8 Å². The number of ether oxygens (including phenoxy) is 1. The van der Waals surface area contributed by atoms with Crippen molar-refractivity contribution in [2.45, 2.75) is 39.0 Å². The highest BCUT2D eigenvalue weighted by Crippen LogP contribution is 2.15. The Bertz CT molecular complexity index is 656. The van der Waals surface area contributed by atoms with Gasteiger partial charge in [0.15, 0.2) is 5.82 Å². The zero-order chi connectivity index (χ0) is 16.9. The molecule has 1 amide bonds. The number of hydrogen-bond donors (Lipinski definition) is 1. The quantitative estimate of drug-likeness (QED) is 0.830. The zero-order valence-corrected chi connectivity index (χ0v) is 13.9. The van der Waals surface area contributed by atoms with Gasteiger partial charge in [-0.1, -0.05) is 12.1 Å². The molecule has 0 aromatic carbocycles. The highest BCUT2D eigenvalue weighted by Gasteiger charge is 2.30. The van der Waals surface area contributed by atoms with E-state index in [1.54, 1.807) is 24.0 Å². The average molecular weight is 334 g/mol. The van der Waals surface area contributed by atoms with E-state index in [1.807, 2.05) is 6.92 Å². The number of nitrogens with zero attached hydrogens (tertiary/aromatic N) is 5. The first-order valence-corrected chi connectivity index (χ1v) is 8.08. The summed E-state index contributed by atoms with van der Waals surface area (Å²) in [6.07, 6.45) is 3.86. The number of hydrogen-bond acceptors (Lipinski definition) is 7. The van der Waals surface area contributed by atoms with E-state index < -0.39 is 0 Å². The molecule has 24 heavy (non-hydrogen) atoms. The maximum absolute atomic E-state index is 12.6. The van der Waals surface area contributed by atoms with Gasteiger partial charge in [-0.15, -0.1) is 0 Å². The minimum atomic E-state index is -0.232. The van der Waals surface area contributed by atoms with Gasteiger partial charge in [-0.25, -0.2) is 4.98 Å². The summed E-state index contributed by atoms with van der Waals surface area (Å²) in [5.74, 6) is 1.04. The number of carbonyl (C=O) groups excluding carboxylic acids is 1. The van der Waals surface area contributed by atoms with Gasteiger partial charge in [-0.3, -0.25) is 14.4 Å². The number of carbonyl (C=O) groups is 1. The Morgan fingerprint density at radius 2 is 2.42 bits per heavy atom. The lowest BCUT2D eigenvalue weighted by molar-refractivity contribution is -0.125. The molecule has 2 aromatic rings. The molecule has 0 bridgehead atoms. The normalized spacial score (nSPS) is 20.0. The average Bonchev–Trinajstić information content (AvgIpc) is 3.20. The van der Waals surface area contributed by atoms with Crippen molar-refractivity contribution in [3.8, 4) is 0 Å². The van der Waals surface area contributed by atoms with E-state index in [-0.39, 0.29) is 18.1 Å². The van der Waals surface area contributed by atoms with Crippen LogP contribution in [0.3, 0.4) is 0 Å². The molecule has 2 aromatic heterocycles. The molecule has 1 fully saturated rings. The molecule has 2 atom stereocenters. The fourth-order valence-electron chi connectivity index (χ4n) is 2.92. The van der Waals surface area contributed by atoms with Crippen molar-refractivity contribution < 1.29 is 14.1 Å². The van der Waals surface area contributed by atoms with E-state index in [2.05, 4.69) is 25.5 Å². The number of amides is 1.